The Labute approximate surface area is 126 Å². The van der Waals surface area contributed by atoms with E-state index in [1.54, 1.807) is 23.5 Å². The number of aliphatic hydroxyl groups excluding tert-OH is 1. The van der Waals surface area contributed by atoms with Crippen molar-refractivity contribution >= 4 is 11.3 Å². The highest BCUT2D eigenvalue weighted by atomic mass is 32.1. The van der Waals surface area contributed by atoms with Gasteiger partial charge in [0.25, 0.3) is 0 Å². The molecule has 1 aromatic carbocycles. The van der Waals surface area contributed by atoms with Gasteiger partial charge in [0.05, 0.1) is 37.6 Å². The summed E-state index contributed by atoms with van der Waals surface area (Å²) in [5, 5.41) is 12.8. The number of likely N-dealkylation sites (N-methyl/N-ethyl adjacent to an activating group) is 1. The van der Waals surface area contributed by atoms with Crippen LogP contribution in [0.25, 0.3) is 11.3 Å². The van der Waals surface area contributed by atoms with Crippen LogP contribution in [0.15, 0.2) is 29.6 Å². The van der Waals surface area contributed by atoms with E-state index in [-0.39, 0.29) is 11.9 Å². The lowest BCUT2D eigenvalue weighted by molar-refractivity contribution is 0.0925. The molecular formula is C15H17FN2O2S. The third kappa shape index (κ3) is 3.29. The van der Waals surface area contributed by atoms with Gasteiger partial charge in [0.15, 0.2) is 0 Å². The highest BCUT2D eigenvalue weighted by Crippen LogP contribution is 2.24. The number of nitrogens with zero attached hydrogens (tertiary/aromatic N) is 2. The van der Waals surface area contributed by atoms with E-state index in [9.17, 15) is 9.50 Å². The molecule has 2 heterocycles. The van der Waals surface area contributed by atoms with Crippen LogP contribution in [0.1, 0.15) is 5.01 Å². The van der Waals surface area contributed by atoms with E-state index in [1.807, 2.05) is 12.4 Å². The van der Waals surface area contributed by atoms with E-state index in [1.165, 1.54) is 12.1 Å². The van der Waals surface area contributed by atoms with E-state index < -0.39 is 6.10 Å². The second-order valence-electron chi connectivity index (χ2n) is 5.22. The number of hydrogen-bond donors (Lipinski definition) is 1. The number of rotatable bonds is 4. The number of halogens is 1. The van der Waals surface area contributed by atoms with Gasteiger partial charge in [0.2, 0.25) is 0 Å². The molecule has 1 saturated heterocycles. The van der Waals surface area contributed by atoms with Crippen LogP contribution >= 0.6 is 11.3 Å². The van der Waals surface area contributed by atoms with Crippen LogP contribution in [0.2, 0.25) is 0 Å². The van der Waals surface area contributed by atoms with E-state index in [2.05, 4.69) is 9.88 Å². The first-order chi connectivity index (χ1) is 10.1. The smallest absolute Gasteiger partial charge is 0.123 e. The predicted octanol–water partition coefficient (Wildman–Crippen LogP) is 2.14. The van der Waals surface area contributed by atoms with E-state index in [0.29, 0.717) is 19.8 Å². The van der Waals surface area contributed by atoms with Crippen molar-refractivity contribution in [1.82, 2.24) is 9.88 Å². The van der Waals surface area contributed by atoms with Crippen LogP contribution in [0.3, 0.4) is 0 Å². The fraction of sp³-hybridized carbons (Fsp3) is 0.400. The normalized spacial score (nSPS) is 22.1. The van der Waals surface area contributed by atoms with Gasteiger partial charge < -0.3 is 9.84 Å². The van der Waals surface area contributed by atoms with E-state index in [4.69, 9.17) is 4.74 Å². The minimum atomic E-state index is -0.438. The van der Waals surface area contributed by atoms with Gasteiger partial charge in [-0.25, -0.2) is 9.37 Å². The predicted molar refractivity (Wildman–Crippen MR) is 79.6 cm³/mol. The van der Waals surface area contributed by atoms with Gasteiger partial charge >= 0.3 is 0 Å². The lowest BCUT2D eigenvalue weighted by Crippen LogP contribution is -2.39. The third-order valence-corrected chi connectivity index (χ3v) is 4.50. The zero-order valence-corrected chi connectivity index (χ0v) is 12.5. The van der Waals surface area contributed by atoms with Crippen LogP contribution < -0.4 is 0 Å². The minimum Gasteiger partial charge on any atom is -0.389 e. The molecule has 1 aliphatic rings. The maximum Gasteiger partial charge on any atom is 0.123 e. The first-order valence-corrected chi connectivity index (χ1v) is 7.68. The number of aromatic nitrogens is 1. The molecule has 1 N–H and O–H groups in total. The van der Waals surface area contributed by atoms with Crippen molar-refractivity contribution in [2.45, 2.75) is 18.7 Å². The monoisotopic (exact) mass is 308 g/mol. The fourth-order valence-electron chi connectivity index (χ4n) is 2.42. The minimum absolute atomic E-state index is 0.0168. The first kappa shape index (κ1) is 14.6. The maximum absolute atomic E-state index is 12.9. The van der Waals surface area contributed by atoms with Crippen molar-refractivity contribution in [3.05, 3.63) is 40.5 Å². The Morgan fingerprint density at radius 2 is 2.14 bits per heavy atom. The second kappa shape index (κ2) is 6.19. The number of aliphatic hydroxyl groups is 1. The molecule has 1 aliphatic heterocycles. The third-order valence-electron chi connectivity index (χ3n) is 3.66. The molecule has 21 heavy (non-hydrogen) atoms. The Kier molecular flexibility index (Phi) is 4.30. The quantitative estimate of drug-likeness (QED) is 0.940. The van der Waals surface area contributed by atoms with Crippen LogP contribution in [0, 0.1) is 5.82 Å². The molecule has 4 nitrogen and oxygen atoms in total. The van der Waals surface area contributed by atoms with Crippen molar-refractivity contribution in [2.75, 3.05) is 20.3 Å². The molecule has 2 atom stereocenters. The first-order valence-electron chi connectivity index (χ1n) is 6.80. The average molecular weight is 308 g/mol. The molecule has 1 aromatic heterocycles. The van der Waals surface area contributed by atoms with Crippen LogP contribution in [-0.2, 0) is 11.3 Å². The summed E-state index contributed by atoms with van der Waals surface area (Å²) in [6, 6.07) is 6.35. The number of ether oxygens (including phenoxy) is 1. The molecule has 0 amide bonds. The second-order valence-corrected chi connectivity index (χ2v) is 6.16. The van der Waals surface area contributed by atoms with Gasteiger partial charge in [-0.3, -0.25) is 4.90 Å². The molecule has 0 unspecified atom stereocenters. The highest BCUT2D eigenvalue weighted by Gasteiger charge is 2.29. The van der Waals surface area contributed by atoms with Crippen molar-refractivity contribution in [3.63, 3.8) is 0 Å². The summed E-state index contributed by atoms with van der Waals surface area (Å²) in [7, 11) is 1.96. The molecule has 0 aliphatic carbocycles. The summed E-state index contributed by atoms with van der Waals surface area (Å²) in [6.07, 6.45) is -0.438. The van der Waals surface area contributed by atoms with Gasteiger partial charge in [0, 0.05) is 10.9 Å². The molecule has 6 heteroatoms. The molecule has 0 bridgehead atoms. The van der Waals surface area contributed by atoms with E-state index in [0.717, 1.165) is 16.3 Å². The topological polar surface area (TPSA) is 45.6 Å². The van der Waals surface area contributed by atoms with Gasteiger partial charge in [-0.15, -0.1) is 11.3 Å². The van der Waals surface area contributed by atoms with Crippen molar-refractivity contribution in [2.24, 2.45) is 0 Å². The highest BCUT2D eigenvalue weighted by molar-refractivity contribution is 7.09. The summed E-state index contributed by atoms with van der Waals surface area (Å²) in [5.41, 5.74) is 1.76. The Bertz CT molecular complexity index is 602. The molecular weight excluding hydrogens is 291 g/mol. The van der Waals surface area contributed by atoms with Gasteiger partial charge in [0.1, 0.15) is 10.8 Å². The summed E-state index contributed by atoms with van der Waals surface area (Å²) < 4.78 is 18.2. The zero-order valence-electron chi connectivity index (χ0n) is 11.7. The van der Waals surface area contributed by atoms with Gasteiger partial charge in [-0.2, -0.15) is 0 Å². The molecule has 3 rings (SSSR count). The lowest BCUT2D eigenvalue weighted by atomic mass is 10.2. The Morgan fingerprint density at radius 3 is 2.81 bits per heavy atom. The summed E-state index contributed by atoms with van der Waals surface area (Å²) in [4.78, 5) is 6.64. The largest absolute Gasteiger partial charge is 0.389 e. The SMILES string of the molecule is CN(Cc1nc(-c2ccc(F)cc2)cs1)[C@@H]1COC[C@H]1O. The van der Waals surface area contributed by atoms with Gasteiger partial charge in [-0.05, 0) is 31.3 Å². The molecule has 0 spiro atoms. The molecule has 112 valence electrons. The average Bonchev–Trinajstić information content (AvgIpc) is 3.09. The Balaban J connectivity index is 1.69. The van der Waals surface area contributed by atoms with Crippen LogP contribution in [0.4, 0.5) is 4.39 Å². The maximum atomic E-state index is 12.9. The number of benzene rings is 1. The zero-order chi connectivity index (χ0) is 14.8. The van der Waals surface area contributed by atoms with Crippen LogP contribution in [-0.4, -0.2) is 47.4 Å². The number of hydrogen-bond acceptors (Lipinski definition) is 5. The standard InChI is InChI=1S/C15H17FN2O2S/c1-18(13-7-20-8-14(13)19)6-15-17-12(9-21-15)10-2-4-11(16)5-3-10/h2-5,9,13-14,19H,6-8H2,1H3/t13-,14-/m1/s1. The molecule has 1 fully saturated rings. The summed E-state index contributed by atoms with van der Waals surface area (Å²) >= 11 is 1.57. The van der Waals surface area contributed by atoms with Crippen LogP contribution in [0.5, 0.6) is 0 Å². The number of thiazole rings is 1. The van der Waals surface area contributed by atoms with Crippen molar-refractivity contribution < 1.29 is 14.2 Å². The molecule has 2 aromatic rings. The van der Waals surface area contributed by atoms with Crippen molar-refractivity contribution in [3.8, 4) is 11.3 Å². The summed E-state index contributed by atoms with van der Waals surface area (Å²) in [6.45, 7) is 1.61. The van der Waals surface area contributed by atoms with E-state index >= 15 is 0 Å². The lowest BCUT2D eigenvalue weighted by Gasteiger charge is -2.24. The molecule has 0 saturated carbocycles. The molecule has 0 radical (unpaired) electrons. The van der Waals surface area contributed by atoms with Gasteiger partial charge in [-0.1, -0.05) is 0 Å². The Hall–Kier alpha value is -1.34. The fourth-order valence-corrected chi connectivity index (χ4v) is 3.29. The Morgan fingerprint density at radius 1 is 1.38 bits per heavy atom. The van der Waals surface area contributed by atoms with Crippen molar-refractivity contribution in [1.29, 1.82) is 0 Å². The summed E-state index contributed by atoms with van der Waals surface area (Å²) in [5.74, 6) is -0.246.